The highest BCUT2D eigenvalue weighted by Crippen LogP contribution is 2.37. The van der Waals surface area contributed by atoms with E-state index in [4.69, 9.17) is 9.47 Å². The SMILES string of the molecule is COc1nc(NS(=O)(=O)c2c[nH]c3cc(F)ccc23)nc(OC)c1OC(F)C(F)F. The molecule has 2 heterocycles. The molecule has 1 atom stereocenters. The lowest BCUT2D eigenvalue weighted by Gasteiger charge is -2.16. The number of nitrogens with zero attached hydrogens (tertiary/aromatic N) is 2. The largest absolute Gasteiger partial charge is 0.478 e. The van der Waals surface area contributed by atoms with E-state index < -0.39 is 52.1 Å². The van der Waals surface area contributed by atoms with Crippen molar-refractivity contribution in [1.29, 1.82) is 0 Å². The van der Waals surface area contributed by atoms with Gasteiger partial charge in [0.15, 0.2) is 0 Å². The van der Waals surface area contributed by atoms with Crippen molar-refractivity contribution in [2.75, 3.05) is 18.9 Å². The summed E-state index contributed by atoms with van der Waals surface area (Å²) in [5.74, 6) is -2.92. The third-order valence-electron chi connectivity index (χ3n) is 3.74. The number of alkyl halides is 3. The molecular formula is C16H14F4N4O5S. The molecule has 2 aromatic heterocycles. The second-order valence-electron chi connectivity index (χ2n) is 5.65. The van der Waals surface area contributed by atoms with Gasteiger partial charge >= 0.3 is 6.43 Å². The summed E-state index contributed by atoms with van der Waals surface area (Å²) in [5.41, 5.74) is 0.233. The normalized spacial score (nSPS) is 12.8. The van der Waals surface area contributed by atoms with Crippen molar-refractivity contribution < 1.29 is 40.2 Å². The van der Waals surface area contributed by atoms with Crippen molar-refractivity contribution in [3.05, 3.63) is 30.2 Å². The number of hydrogen-bond acceptors (Lipinski definition) is 7. The minimum atomic E-state index is -4.28. The third-order valence-corrected chi connectivity index (χ3v) is 5.11. The summed E-state index contributed by atoms with van der Waals surface area (Å²) in [4.78, 5) is 9.77. The summed E-state index contributed by atoms with van der Waals surface area (Å²) >= 11 is 0. The van der Waals surface area contributed by atoms with E-state index in [0.29, 0.717) is 0 Å². The molecule has 3 rings (SSSR count). The Labute approximate surface area is 167 Å². The van der Waals surface area contributed by atoms with Crippen LogP contribution in [-0.4, -0.2) is 50.4 Å². The molecule has 3 aromatic rings. The number of anilines is 1. The van der Waals surface area contributed by atoms with Gasteiger partial charge in [0, 0.05) is 17.1 Å². The molecular weight excluding hydrogens is 436 g/mol. The van der Waals surface area contributed by atoms with Crippen LogP contribution in [0.2, 0.25) is 0 Å². The van der Waals surface area contributed by atoms with Crippen molar-refractivity contribution in [2.45, 2.75) is 17.7 Å². The molecule has 0 bridgehead atoms. The van der Waals surface area contributed by atoms with Gasteiger partial charge in [0.1, 0.15) is 10.7 Å². The van der Waals surface area contributed by atoms with E-state index in [1.165, 1.54) is 6.07 Å². The van der Waals surface area contributed by atoms with Crippen LogP contribution in [-0.2, 0) is 10.0 Å². The van der Waals surface area contributed by atoms with Crippen molar-refractivity contribution >= 4 is 26.9 Å². The van der Waals surface area contributed by atoms with E-state index in [0.717, 1.165) is 32.5 Å². The Kier molecular flexibility index (Phi) is 5.87. The number of halogens is 4. The summed E-state index contributed by atoms with van der Waals surface area (Å²) in [5, 5.41) is 0.194. The summed E-state index contributed by atoms with van der Waals surface area (Å²) < 4.78 is 93.2. The number of fused-ring (bicyclic) bond motifs is 1. The van der Waals surface area contributed by atoms with E-state index in [-0.39, 0.29) is 15.8 Å². The zero-order chi connectivity index (χ0) is 22.1. The monoisotopic (exact) mass is 450 g/mol. The molecule has 0 aliphatic heterocycles. The van der Waals surface area contributed by atoms with Crippen molar-refractivity contribution in [3.63, 3.8) is 0 Å². The number of benzene rings is 1. The van der Waals surface area contributed by atoms with Gasteiger partial charge in [-0.15, -0.1) is 0 Å². The van der Waals surface area contributed by atoms with E-state index >= 15 is 0 Å². The summed E-state index contributed by atoms with van der Waals surface area (Å²) in [7, 11) is -2.15. The zero-order valence-electron chi connectivity index (χ0n) is 15.3. The molecule has 1 unspecified atom stereocenters. The Balaban J connectivity index is 1.99. The molecule has 162 valence electrons. The van der Waals surface area contributed by atoms with Crippen molar-refractivity contribution in [3.8, 4) is 17.5 Å². The number of nitrogens with one attached hydrogen (secondary N) is 2. The smallest absolute Gasteiger partial charge is 0.304 e. The molecule has 30 heavy (non-hydrogen) atoms. The van der Waals surface area contributed by atoms with Gasteiger partial charge in [-0.2, -0.15) is 14.4 Å². The molecule has 0 saturated carbocycles. The highest BCUT2D eigenvalue weighted by Gasteiger charge is 2.28. The zero-order valence-corrected chi connectivity index (χ0v) is 16.1. The first-order valence-electron chi connectivity index (χ1n) is 8.04. The van der Waals surface area contributed by atoms with Gasteiger partial charge in [-0.25, -0.2) is 26.3 Å². The van der Waals surface area contributed by atoms with Gasteiger partial charge in [-0.1, -0.05) is 0 Å². The Morgan fingerprint density at radius 3 is 2.30 bits per heavy atom. The van der Waals surface area contributed by atoms with Gasteiger partial charge in [-0.05, 0) is 18.2 Å². The second-order valence-corrected chi connectivity index (χ2v) is 7.30. The number of aromatic nitrogens is 3. The topological polar surface area (TPSA) is 115 Å². The molecule has 1 aromatic carbocycles. The fraction of sp³-hybridized carbons (Fsp3) is 0.250. The lowest BCUT2D eigenvalue weighted by atomic mass is 10.2. The van der Waals surface area contributed by atoms with Crippen LogP contribution in [0.4, 0.5) is 23.5 Å². The fourth-order valence-electron chi connectivity index (χ4n) is 2.47. The lowest BCUT2D eigenvalue weighted by molar-refractivity contribution is -0.0692. The second kappa shape index (κ2) is 8.22. The number of H-pyrrole nitrogens is 1. The first kappa shape index (κ1) is 21.4. The Morgan fingerprint density at radius 2 is 1.73 bits per heavy atom. The molecule has 0 saturated heterocycles. The fourth-order valence-corrected chi connectivity index (χ4v) is 3.59. The maximum atomic E-state index is 13.3. The van der Waals surface area contributed by atoms with Crippen LogP contribution in [0.5, 0.6) is 17.5 Å². The third kappa shape index (κ3) is 4.17. The van der Waals surface area contributed by atoms with Gasteiger partial charge < -0.3 is 19.2 Å². The highest BCUT2D eigenvalue weighted by atomic mass is 32.2. The van der Waals surface area contributed by atoms with Crippen molar-refractivity contribution in [2.24, 2.45) is 0 Å². The number of methoxy groups -OCH3 is 2. The Bertz CT molecular complexity index is 1150. The molecule has 14 heteroatoms. The number of ether oxygens (including phenoxy) is 3. The maximum absolute atomic E-state index is 13.3. The maximum Gasteiger partial charge on any atom is 0.304 e. The van der Waals surface area contributed by atoms with Crippen LogP contribution >= 0.6 is 0 Å². The predicted molar refractivity (Wildman–Crippen MR) is 95.7 cm³/mol. The first-order chi connectivity index (χ1) is 14.2. The molecule has 0 aliphatic rings. The summed E-state index contributed by atoms with van der Waals surface area (Å²) in [6.45, 7) is 0. The molecule has 9 nitrogen and oxygen atoms in total. The Hall–Kier alpha value is -3.29. The molecule has 0 aliphatic carbocycles. The van der Waals surface area contributed by atoms with Crippen LogP contribution < -0.4 is 18.9 Å². The number of sulfonamides is 1. The van der Waals surface area contributed by atoms with Crippen LogP contribution in [0.25, 0.3) is 10.9 Å². The predicted octanol–water partition coefficient (Wildman–Crippen LogP) is 2.85. The highest BCUT2D eigenvalue weighted by molar-refractivity contribution is 7.93. The molecule has 0 spiro atoms. The van der Waals surface area contributed by atoms with E-state index in [9.17, 15) is 26.0 Å². The van der Waals surface area contributed by atoms with Gasteiger partial charge in [-0.3, -0.25) is 0 Å². The van der Waals surface area contributed by atoms with Gasteiger partial charge in [0.25, 0.3) is 28.1 Å². The Morgan fingerprint density at radius 1 is 1.10 bits per heavy atom. The standard InChI is InChI=1S/C16H14F4N4O5S/c1-27-14-11(29-13(20)12(18)19)15(28-2)23-16(22-14)24-30(25,26)10-6-21-9-5-7(17)3-4-8(9)10/h3-6,12-13,21H,1-2H3,(H,22,23,24). The van der Waals surface area contributed by atoms with Crippen LogP contribution in [0.3, 0.4) is 0 Å². The number of aromatic amines is 1. The molecule has 0 fully saturated rings. The van der Waals surface area contributed by atoms with E-state index in [2.05, 4.69) is 24.4 Å². The number of rotatable bonds is 8. The minimum absolute atomic E-state index is 0.194. The van der Waals surface area contributed by atoms with E-state index in [1.54, 1.807) is 0 Å². The summed E-state index contributed by atoms with van der Waals surface area (Å²) in [6, 6.07) is 3.46. The molecule has 0 amide bonds. The first-order valence-corrected chi connectivity index (χ1v) is 9.53. The average molecular weight is 450 g/mol. The average Bonchev–Trinajstić information content (AvgIpc) is 3.12. The van der Waals surface area contributed by atoms with Crippen LogP contribution in [0.15, 0.2) is 29.3 Å². The molecule has 0 radical (unpaired) electrons. The molecule has 2 N–H and O–H groups in total. The van der Waals surface area contributed by atoms with Gasteiger partial charge in [0.05, 0.1) is 14.2 Å². The lowest BCUT2D eigenvalue weighted by Crippen LogP contribution is -2.21. The minimum Gasteiger partial charge on any atom is -0.478 e. The summed E-state index contributed by atoms with van der Waals surface area (Å²) in [6.07, 6.45) is -5.36. The van der Waals surface area contributed by atoms with Crippen LogP contribution in [0.1, 0.15) is 0 Å². The van der Waals surface area contributed by atoms with Crippen LogP contribution in [0, 0.1) is 5.82 Å². The van der Waals surface area contributed by atoms with E-state index in [1.807, 2.05) is 0 Å². The number of hydrogen-bond donors (Lipinski definition) is 2. The quantitative estimate of drug-likeness (QED) is 0.507. The van der Waals surface area contributed by atoms with Gasteiger partial charge in [0.2, 0.25) is 11.7 Å². The van der Waals surface area contributed by atoms with Crippen molar-refractivity contribution in [1.82, 2.24) is 15.0 Å².